The first-order chi connectivity index (χ1) is 15.5. The minimum absolute atomic E-state index is 0.00595. The van der Waals surface area contributed by atoms with Crippen molar-refractivity contribution < 1.29 is 4.79 Å². The van der Waals surface area contributed by atoms with Crippen LogP contribution in [0.2, 0.25) is 0 Å². The standard InChI is InChI=1S/C19H16N10O2S/c1-10-13(17(31)29(27(10)2)11-6-4-3-5-7-11)12-8-32-19(23-12)24-16(30)14-15(20)28-18(26-25-14)21-9-22-28/h3-9H,20H2,1-2H3,(H,23,24,30). The summed E-state index contributed by atoms with van der Waals surface area (Å²) in [5.41, 5.74) is 8.06. The van der Waals surface area contributed by atoms with Gasteiger partial charge in [-0.25, -0.2) is 9.67 Å². The first kappa shape index (κ1) is 19.6. The first-order valence-electron chi connectivity index (χ1n) is 9.39. The van der Waals surface area contributed by atoms with E-state index in [1.165, 1.54) is 22.2 Å². The summed E-state index contributed by atoms with van der Waals surface area (Å²) in [6, 6.07) is 9.33. The van der Waals surface area contributed by atoms with Crippen molar-refractivity contribution in [2.75, 3.05) is 11.1 Å². The van der Waals surface area contributed by atoms with Gasteiger partial charge >= 0.3 is 0 Å². The summed E-state index contributed by atoms with van der Waals surface area (Å²) in [7, 11) is 1.81. The zero-order valence-corrected chi connectivity index (χ0v) is 17.7. The molecule has 5 rings (SSSR count). The number of hydrogen-bond acceptors (Lipinski definition) is 9. The van der Waals surface area contributed by atoms with Gasteiger partial charge < -0.3 is 5.73 Å². The molecule has 1 amide bonds. The normalized spacial score (nSPS) is 11.2. The number of rotatable bonds is 4. The van der Waals surface area contributed by atoms with Crippen LogP contribution in [-0.4, -0.2) is 45.1 Å². The van der Waals surface area contributed by atoms with Crippen LogP contribution in [-0.2, 0) is 7.05 Å². The summed E-state index contributed by atoms with van der Waals surface area (Å²) >= 11 is 1.18. The zero-order valence-electron chi connectivity index (χ0n) is 16.9. The second-order valence-corrected chi connectivity index (χ2v) is 7.69. The molecule has 1 aromatic carbocycles. The molecule has 0 saturated carbocycles. The molecule has 0 unspecified atom stereocenters. The van der Waals surface area contributed by atoms with Crippen LogP contribution in [0.3, 0.4) is 0 Å². The smallest absolute Gasteiger partial charge is 0.281 e. The van der Waals surface area contributed by atoms with Crippen LogP contribution in [0, 0.1) is 6.92 Å². The molecule has 0 spiro atoms. The molecular weight excluding hydrogens is 432 g/mol. The number of nitrogens with one attached hydrogen (secondary N) is 1. The number of carbonyl (C=O) groups excluding carboxylic acids is 1. The van der Waals surface area contributed by atoms with Gasteiger partial charge in [-0.2, -0.15) is 14.6 Å². The van der Waals surface area contributed by atoms with E-state index in [4.69, 9.17) is 5.73 Å². The molecule has 0 aliphatic rings. The minimum atomic E-state index is -0.597. The van der Waals surface area contributed by atoms with Crippen molar-refractivity contribution >= 4 is 34.0 Å². The fourth-order valence-corrected chi connectivity index (χ4v) is 4.04. The number of anilines is 2. The van der Waals surface area contributed by atoms with E-state index in [9.17, 15) is 9.59 Å². The van der Waals surface area contributed by atoms with E-state index in [2.05, 4.69) is 30.6 Å². The highest BCUT2D eigenvalue weighted by Crippen LogP contribution is 2.26. The monoisotopic (exact) mass is 448 g/mol. The van der Waals surface area contributed by atoms with Crippen LogP contribution in [0.4, 0.5) is 10.9 Å². The molecule has 0 radical (unpaired) electrons. The van der Waals surface area contributed by atoms with Crippen molar-refractivity contribution in [1.82, 2.24) is 39.1 Å². The maximum Gasteiger partial charge on any atom is 0.281 e. The molecular formula is C19H16N10O2S. The lowest BCUT2D eigenvalue weighted by atomic mass is 10.2. The van der Waals surface area contributed by atoms with Crippen LogP contribution < -0.4 is 16.6 Å². The average Bonchev–Trinajstić information content (AvgIpc) is 3.49. The summed E-state index contributed by atoms with van der Waals surface area (Å²) in [6.07, 6.45) is 1.26. The maximum atomic E-state index is 13.2. The topological polar surface area (TPSA) is 151 Å². The molecule has 12 nitrogen and oxygen atoms in total. The number of para-hydroxylation sites is 1. The minimum Gasteiger partial charge on any atom is -0.382 e. The van der Waals surface area contributed by atoms with Crippen LogP contribution in [0.25, 0.3) is 22.7 Å². The van der Waals surface area contributed by atoms with Crippen molar-refractivity contribution in [3.8, 4) is 16.9 Å². The van der Waals surface area contributed by atoms with Gasteiger partial charge in [0.15, 0.2) is 16.6 Å². The highest BCUT2D eigenvalue weighted by atomic mass is 32.1. The van der Waals surface area contributed by atoms with E-state index < -0.39 is 5.91 Å². The number of nitrogens with two attached hydrogens (primary N) is 1. The zero-order chi connectivity index (χ0) is 22.4. The average molecular weight is 448 g/mol. The van der Waals surface area contributed by atoms with Crippen molar-refractivity contribution in [1.29, 1.82) is 0 Å². The van der Waals surface area contributed by atoms with Crippen LogP contribution in [0.15, 0.2) is 46.8 Å². The van der Waals surface area contributed by atoms with Gasteiger partial charge in [0.25, 0.3) is 17.2 Å². The Bertz CT molecular complexity index is 1530. The Kier molecular flexibility index (Phi) is 4.52. The molecule has 0 fully saturated rings. The molecule has 13 heteroatoms. The molecule has 3 N–H and O–H groups in total. The number of thiazole rings is 1. The maximum absolute atomic E-state index is 13.2. The van der Waals surface area contributed by atoms with E-state index >= 15 is 0 Å². The summed E-state index contributed by atoms with van der Waals surface area (Å²) in [4.78, 5) is 34.1. The van der Waals surface area contributed by atoms with Gasteiger partial charge in [0, 0.05) is 18.1 Å². The highest BCUT2D eigenvalue weighted by Gasteiger charge is 2.22. The van der Waals surface area contributed by atoms with E-state index in [-0.39, 0.29) is 22.8 Å². The Morgan fingerprint density at radius 3 is 2.75 bits per heavy atom. The Morgan fingerprint density at radius 1 is 1.19 bits per heavy atom. The lowest BCUT2D eigenvalue weighted by molar-refractivity contribution is 0.102. The lowest BCUT2D eigenvalue weighted by Gasteiger charge is -2.07. The molecule has 0 saturated heterocycles. The van der Waals surface area contributed by atoms with Crippen LogP contribution >= 0.6 is 11.3 Å². The first-order valence-corrected chi connectivity index (χ1v) is 10.3. The second-order valence-electron chi connectivity index (χ2n) is 6.83. The number of nitrogens with zero attached hydrogens (tertiary/aromatic N) is 8. The number of benzene rings is 1. The van der Waals surface area contributed by atoms with Gasteiger partial charge in [0.05, 0.1) is 16.9 Å². The second kappa shape index (κ2) is 7.39. The molecule has 32 heavy (non-hydrogen) atoms. The molecule has 4 heterocycles. The summed E-state index contributed by atoms with van der Waals surface area (Å²) < 4.78 is 4.56. The van der Waals surface area contributed by atoms with Gasteiger partial charge in [-0.15, -0.1) is 21.5 Å². The molecule has 0 bridgehead atoms. The number of amides is 1. The third-order valence-corrected chi connectivity index (χ3v) is 5.75. The molecule has 0 atom stereocenters. The third kappa shape index (κ3) is 3.02. The van der Waals surface area contributed by atoms with E-state index in [1.54, 1.807) is 14.7 Å². The Labute approximate surface area is 184 Å². The lowest BCUT2D eigenvalue weighted by Crippen LogP contribution is -2.20. The Hall–Kier alpha value is -4.39. The molecule has 5 aromatic rings. The van der Waals surface area contributed by atoms with E-state index in [1.807, 2.05) is 44.3 Å². The van der Waals surface area contributed by atoms with Crippen molar-refractivity contribution in [2.45, 2.75) is 6.92 Å². The largest absolute Gasteiger partial charge is 0.382 e. The Balaban J connectivity index is 1.47. The number of hydrogen-bond donors (Lipinski definition) is 2. The number of aromatic nitrogens is 8. The van der Waals surface area contributed by atoms with Crippen LogP contribution in [0.5, 0.6) is 0 Å². The molecule has 160 valence electrons. The van der Waals surface area contributed by atoms with E-state index in [0.29, 0.717) is 16.4 Å². The fraction of sp³-hybridized carbons (Fsp3) is 0.105. The predicted octanol–water partition coefficient (Wildman–Crippen LogP) is 1.28. The van der Waals surface area contributed by atoms with Crippen LogP contribution in [0.1, 0.15) is 16.2 Å². The third-order valence-electron chi connectivity index (χ3n) is 4.99. The van der Waals surface area contributed by atoms with Gasteiger partial charge in [0.2, 0.25) is 0 Å². The SMILES string of the molecule is Cc1c(-c2csc(NC(=O)c3nnc4ncnn4c3N)n2)c(=O)n(-c2ccccc2)n1C. The number of carbonyl (C=O) groups is 1. The van der Waals surface area contributed by atoms with Crippen molar-refractivity contribution in [3.63, 3.8) is 0 Å². The predicted molar refractivity (Wildman–Crippen MR) is 118 cm³/mol. The van der Waals surface area contributed by atoms with Gasteiger partial charge in [-0.1, -0.05) is 18.2 Å². The Morgan fingerprint density at radius 2 is 1.97 bits per heavy atom. The number of nitrogen functional groups attached to an aromatic ring is 1. The summed E-state index contributed by atoms with van der Waals surface area (Å²) in [5, 5.41) is 16.2. The van der Waals surface area contributed by atoms with E-state index in [0.717, 1.165) is 11.4 Å². The van der Waals surface area contributed by atoms with Gasteiger partial charge in [-0.3, -0.25) is 19.6 Å². The molecule has 0 aliphatic carbocycles. The van der Waals surface area contributed by atoms with Gasteiger partial charge in [0.1, 0.15) is 6.33 Å². The molecule has 4 aromatic heterocycles. The number of fused-ring (bicyclic) bond motifs is 1. The van der Waals surface area contributed by atoms with Gasteiger partial charge in [-0.05, 0) is 19.1 Å². The van der Waals surface area contributed by atoms with Crippen molar-refractivity contribution in [2.24, 2.45) is 7.05 Å². The quantitative estimate of drug-likeness (QED) is 0.417. The summed E-state index contributed by atoms with van der Waals surface area (Å²) in [5.74, 6) is -0.406. The molecule has 0 aliphatic heterocycles. The van der Waals surface area contributed by atoms with Crippen molar-refractivity contribution in [3.05, 3.63) is 63.8 Å². The fourth-order valence-electron chi connectivity index (χ4n) is 3.35. The highest BCUT2D eigenvalue weighted by molar-refractivity contribution is 7.14. The summed E-state index contributed by atoms with van der Waals surface area (Å²) in [6.45, 7) is 1.84.